The third kappa shape index (κ3) is 4.31. The summed E-state index contributed by atoms with van der Waals surface area (Å²) >= 11 is 3.36. The van der Waals surface area contributed by atoms with Gasteiger partial charge in [-0.15, -0.1) is 0 Å². The molecule has 0 radical (unpaired) electrons. The lowest BCUT2D eigenvalue weighted by atomic mass is 10.1. The van der Waals surface area contributed by atoms with Crippen LogP contribution in [0.2, 0.25) is 0 Å². The van der Waals surface area contributed by atoms with Gasteiger partial charge in [-0.1, -0.05) is 52.3 Å². The third-order valence-corrected chi connectivity index (χ3v) is 3.39. The normalized spacial score (nSPS) is 10.7. The van der Waals surface area contributed by atoms with E-state index in [9.17, 15) is 4.79 Å². The fraction of sp³-hybridized carbons (Fsp3) is 0.125. The molecule has 0 aliphatic heterocycles. The van der Waals surface area contributed by atoms with E-state index in [2.05, 4.69) is 26.5 Å². The fourth-order valence-electron chi connectivity index (χ4n) is 1.73. The molecule has 0 unspecified atom stereocenters. The number of benzene rings is 2. The highest BCUT2D eigenvalue weighted by atomic mass is 79.9. The van der Waals surface area contributed by atoms with E-state index in [0.717, 1.165) is 21.2 Å². The number of carbonyl (C=O) groups is 1. The molecule has 0 atom stereocenters. The van der Waals surface area contributed by atoms with Gasteiger partial charge in [-0.25, -0.2) is 5.43 Å². The molecule has 20 heavy (non-hydrogen) atoms. The summed E-state index contributed by atoms with van der Waals surface area (Å²) in [6, 6.07) is 15.5. The molecule has 0 fully saturated rings. The molecular formula is C16H15BrN2O. The maximum Gasteiger partial charge on any atom is 0.244 e. The van der Waals surface area contributed by atoms with Gasteiger partial charge in [0, 0.05) is 4.47 Å². The molecule has 1 amide bonds. The summed E-state index contributed by atoms with van der Waals surface area (Å²) in [5, 5.41) is 3.98. The molecule has 0 saturated carbocycles. The van der Waals surface area contributed by atoms with Crippen molar-refractivity contribution in [1.82, 2.24) is 5.43 Å². The Morgan fingerprint density at radius 3 is 2.60 bits per heavy atom. The van der Waals surface area contributed by atoms with E-state index < -0.39 is 0 Å². The third-order valence-electron chi connectivity index (χ3n) is 2.86. The van der Waals surface area contributed by atoms with E-state index in [1.54, 1.807) is 6.21 Å². The highest BCUT2D eigenvalue weighted by Gasteiger charge is 2.01. The predicted octanol–water partition coefficient (Wildman–Crippen LogP) is 3.45. The topological polar surface area (TPSA) is 41.5 Å². The van der Waals surface area contributed by atoms with Crippen molar-refractivity contribution in [3.05, 3.63) is 69.7 Å². The number of hydrogen-bond acceptors (Lipinski definition) is 2. The van der Waals surface area contributed by atoms with E-state index in [0.29, 0.717) is 6.42 Å². The SMILES string of the molecule is Cc1ccccc1/C=N\NC(=O)Cc1ccc(Br)cc1. The van der Waals surface area contributed by atoms with Crippen molar-refractivity contribution < 1.29 is 4.79 Å². The van der Waals surface area contributed by atoms with E-state index in [1.165, 1.54) is 0 Å². The van der Waals surface area contributed by atoms with Crippen molar-refractivity contribution in [2.24, 2.45) is 5.10 Å². The Kier molecular flexibility index (Phi) is 5.07. The summed E-state index contributed by atoms with van der Waals surface area (Å²) < 4.78 is 0.999. The highest BCUT2D eigenvalue weighted by molar-refractivity contribution is 9.10. The van der Waals surface area contributed by atoms with Gasteiger partial charge in [0.15, 0.2) is 0 Å². The Morgan fingerprint density at radius 1 is 1.20 bits per heavy atom. The lowest BCUT2D eigenvalue weighted by Crippen LogP contribution is -2.19. The number of nitrogens with one attached hydrogen (secondary N) is 1. The van der Waals surface area contributed by atoms with Gasteiger partial charge in [-0.3, -0.25) is 4.79 Å². The van der Waals surface area contributed by atoms with E-state index >= 15 is 0 Å². The van der Waals surface area contributed by atoms with Crippen LogP contribution in [0.15, 0.2) is 58.1 Å². The molecule has 3 nitrogen and oxygen atoms in total. The zero-order valence-corrected chi connectivity index (χ0v) is 12.7. The minimum Gasteiger partial charge on any atom is -0.273 e. The van der Waals surface area contributed by atoms with Crippen molar-refractivity contribution in [3.8, 4) is 0 Å². The van der Waals surface area contributed by atoms with Crippen LogP contribution in [0.1, 0.15) is 16.7 Å². The summed E-state index contributed by atoms with van der Waals surface area (Å²) in [5.41, 5.74) is 5.62. The molecule has 2 aromatic carbocycles. The van der Waals surface area contributed by atoms with E-state index in [-0.39, 0.29) is 5.91 Å². The van der Waals surface area contributed by atoms with Crippen molar-refractivity contribution in [2.45, 2.75) is 13.3 Å². The van der Waals surface area contributed by atoms with Crippen LogP contribution in [0.5, 0.6) is 0 Å². The van der Waals surface area contributed by atoms with Crippen molar-refractivity contribution in [3.63, 3.8) is 0 Å². The van der Waals surface area contributed by atoms with Crippen LogP contribution in [0.4, 0.5) is 0 Å². The summed E-state index contributed by atoms with van der Waals surface area (Å²) in [6.45, 7) is 2.00. The summed E-state index contributed by atoms with van der Waals surface area (Å²) in [6.07, 6.45) is 1.98. The first-order valence-corrected chi connectivity index (χ1v) is 7.06. The summed E-state index contributed by atoms with van der Waals surface area (Å²) in [7, 11) is 0. The van der Waals surface area contributed by atoms with Crippen LogP contribution in [-0.2, 0) is 11.2 Å². The molecule has 0 aliphatic carbocycles. The highest BCUT2D eigenvalue weighted by Crippen LogP contribution is 2.10. The first-order valence-electron chi connectivity index (χ1n) is 6.27. The summed E-state index contributed by atoms with van der Waals surface area (Å²) in [5.74, 6) is -0.128. The van der Waals surface area contributed by atoms with Gasteiger partial charge in [0.2, 0.25) is 5.91 Å². The van der Waals surface area contributed by atoms with Gasteiger partial charge in [-0.2, -0.15) is 5.10 Å². The molecule has 0 saturated heterocycles. The number of aryl methyl sites for hydroxylation is 1. The minimum atomic E-state index is -0.128. The Morgan fingerprint density at radius 2 is 1.90 bits per heavy atom. The molecule has 0 aromatic heterocycles. The average Bonchev–Trinajstić information content (AvgIpc) is 2.43. The van der Waals surface area contributed by atoms with Crippen molar-refractivity contribution in [1.29, 1.82) is 0 Å². The van der Waals surface area contributed by atoms with Crippen LogP contribution in [0.25, 0.3) is 0 Å². The van der Waals surface area contributed by atoms with Crippen LogP contribution in [0.3, 0.4) is 0 Å². The first-order chi connectivity index (χ1) is 9.65. The molecule has 0 spiro atoms. The fourth-order valence-corrected chi connectivity index (χ4v) is 2.00. The Labute approximate surface area is 126 Å². The molecule has 2 aromatic rings. The number of carbonyl (C=O) groups excluding carboxylic acids is 1. The van der Waals surface area contributed by atoms with Gasteiger partial charge in [0.25, 0.3) is 0 Å². The monoisotopic (exact) mass is 330 g/mol. The Bertz CT molecular complexity index is 621. The molecular weight excluding hydrogens is 316 g/mol. The average molecular weight is 331 g/mol. The largest absolute Gasteiger partial charge is 0.273 e. The second kappa shape index (κ2) is 7.01. The Hall–Kier alpha value is -1.94. The molecule has 102 valence electrons. The number of rotatable bonds is 4. The Balaban J connectivity index is 1.89. The summed E-state index contributed by atoms with van der Waals surface area (Å²) in [4.78, 5) is 11.7. The second-order valence-electron chi connectivity index (χ2n) is 4.45. The molecule has 0 bridgehead atoms. The van der Waals surface area contributed by atoms with Crippen LogP contribution in [-0.4, -0.2) is 12.1 Å². The van der Waals surface area contributed by atoms with Crippen molar-refractivity contribution in [2.75, 3.05) is 0 Å². The van der Waals surface area contributed by atoms with E-state index in [1.807, 2.05) is 55.5 Å². The molecule has 1 N–H and O–H groups in total. The van der Waals surface area contributed by atoms with Crippen LogP contribution >= 0.6 is 15.9 Å². The standard InChI is InChI=1S/C16H15BrN2O/c1-12-4-2-3-5-14(12)11-18-19-16(20)10-13-6-8-15(17)9-7-13/h2-9,11H,10H2,1H3,(H,19,20)/b18-11-. The van der Waals surface area contributed by atoms with Crippen LogP contribution < -0.4 is 5.43 Å². The maximum absolute atomic E-state index is 11.7. The quantitative estimate of drug-likeness (QED) is 0.677. The number of amides is 1. The molecule has 2 rings (SSSR count). The first kappa shape index (κ1) is 14.5. The predicted molar refractivity (Wildman–Crippen MR) is 84.8 cm³/mol. The van der Waals surface area contributed by atoms with Gasteiger partial charge in [0.05, 0.1) is 12.6 Å². The minimum absolute atomic E-state index is 0.128. The van der Waals surface area contributed by atoms with Gasteiger partial charge in [0.1, 0.15) is 0 Å². The zero-order valence-electron chi connectivity index (χ0n) is 11.1. The molecule has 0 heterocycles. The van der Waals surface area contributed by atoms with Gasteiger partial charge in [-0.05, 0) is 35.7 Å². The molecule has 0 aliphatic rings. The maximum atomic E-state index is 11.7. The van der Waals surface area contributed by atoms with Crippen molar-refractivity contribution >= 4 is 28.1 Å². The second-order valence-corrected chi connectivity index (χ2v) is 5.37. The smallest absolute Gasteiger partial charge is 0.244 e. The van der Waals surface area contributed by atoms with Gasteiger partial charge >= 0.3 is 0 Å². The lowest BCUT2D eigenvalue weighted by Gasteiger charge is -2.01. The number of nitrogens with zero attached hydrogens (tertiary/aromatic N) is 1. The number of halogens is 1. The van der Waals surface area contributed by atoms with Gasteiger partial charge < -0.3 is 0 Å². The van der Waals surface area contributed by atoms with Crippen LogP contribution in [0, 0.1) is 6.92 Å². The number of hydrogen-bond donors (Lipinski definition) is 1. The van der Waals surface area contributed by atoms with E-state index in [4.69, 9.17) is 0 Å². The lowest BCUT2D eigenvalue weighted by molar-refractivity contribution is -0.120. The molecule has 4 heteroatoms. The number of hydrazone groups is 1. The zero-order chi connectivity index (χ0) is 14.4.